The minimum absolute atomic E-state index is 0.134. The Balaban J connectivity index is 1.65. The summed E-state index contributed by atoms with van der Waals surface area (Å²) in [5.41, 5.74) is 0. The second-order valence-electron chi connectivity index (χ2n) is 7.40. The van der Waals surface area contributed by atoms with Crippen molar-refractivity contribution < 1.29 is 13.2 Å². The van der Waals surface area contributed by atoms with Crippen molar-refractivity contribution in [3.8, 4) is 0 Å². The number of piperidine rings is 1. The lowest BCUT2D eigenvalue weighted by molar-refractivity contribution is 0.0937. The maximum Gasteiger partial charge on any atom is 0.261 e. The van der Waals surface area contributed by atoms with Crippen LogP contribution in [0.2, 0.25) is 0 Å². The summed E-state index contributed by atoms with van der Waals surface area (Å²) in [5, 5.41) is 4.69. The summed E-state index contributed by atoms with van der Waals surface area (Å²) in [5.74, 6) is 0.445. The molecule has 0 unspecified atom stereocenters. The molecule has 1 saturated heterocycles. The number of carbonyl (C=O) groups is 1. The van der Waals surface area contributed by atoms with Gasteiger partial charge in [0.25, 0.3) is 5.91 Å². The molecule has 7 heteroatoms. The van der Waals surface area contributed by atoms with Crippen molar-refractivity contribution in [3.05, 3.63) is 16.3 Å². The van der Waals surface area contributed by atoms with E-state index < -0.39 is 10.0 Å². The van der Waals surface area contributed by atoms with Gasteiger partial charge in [0, 0.05) is 24.5 Å². The van der Waals surface area contributed by atoms with Crippen molar-refractivity contribution in [2.75, 3.05) is 13.1 Å². The lowest BCUT2D eigenvalue weighted by atomic mass is 10.0. The number of sulfonamides is 1. The van der Waals surface area contributed by atoms with Crippen LogP contribution in [0.1, 0.15) is 68.0 Å². The molecule has 1 amide bonds. The number of thiophene rings is 1. The molecule has 0 atom stereocenters. The second-order valence-corrected chi connectivity index (χ2v) is 10.2. The highest BCUT2D eigenvalue weighted by molar-refractivity contribution is 7.89. The Labute approximate surface area is 154 Å². The van der Waals surface area contributed by atoms with Crippen LogP contribution in [0, 0.1) is 5.92 Å². The highest BCUT2D eigenvalue weighted by atomic mass is 32.2. The number of amides is 1. The lowest BCUT2D eigenvalue weighted by Crippen LogP contribution is -2.37. The van der Waals surface area contributed by atoms with Gasteiger partial charge in [0.15, 0.2) is 0 Å². The molecule has 0 spiro atoms. The second kappa shape index (κ2) is 8.18. The molecule has 0 bridgehead atoms. The summed E-state index contributed by atoms with van der Waals surface area (Å²) in [6.45, 7) is 3.30. The standard InChI is InChI=1S/C18H28N2O3S2/c1-14-8-10-20(11-9-14)25(22,23)16-12-17(24-13-16)18(21)19-15-6-4-2-3-5-7-15/h12-15H,2-11H2,1H3,(H,19,21). The number of hydrogen-bond donors (Lipinski definition) is 1. The fourth-order valence-electron chi connectivity index (χ4n) is 3.63. The van der Waals surface area contributed by atoms with Crippen LogP contribution >= 0.6 is 11.3 Å². The topological polar surface area (TPSA) is 66.5 Å². The quantitative estimate of drug-likeness (QED) is 0.806. The molecule has 25 heavy (non-hydrogen) atoms. The summed E-state index contributed by atoms with van der Waals surface area (Å²) in [6.07, 6.45) is 8.63. The van der Waals surface area contributed by atoms with Gasteiger partial charge in [0.05, 0.1) is 9.77 Å². The maximum atomic E-state index is 12.8. The van der Waals surface area contributed by atoms with Gasteiger partial charge in [-0.15, -0.1) is 11.3 Å². The molecule has 3 rings (SSSR count). The summed E-state index contributed by atoms with van der Waals surface area (Å²) in [6, 6.07) is 1.77. The molecule has 1 aliphatic heterocycles. The average molecular weight is 385 g/mol. The smallest absolute Gasteiger partial charge is 0.261 e. The van der Waals surface area contributed by atoms with E-state index >= 15 is 0 Å². The van der Waals surface area contributed by atoms with Gasteiger partial charge in [-0.05, 0) is 37.7 Å². The van der Waals surface area contributed by atoms with Crippen LogP contribution in [0.3, 0.4) is 0 Å². The first-order valence-corrected chi connectivity index (χ1v) is 11.7. The predicted molar refractivity (Wildman–Crippen MR) is 100 cm³/mol. The normalized spacial score (nSPS) is 21.8. The van der Waals surface area contributed by atoms with Crippen LogP contribution in [-0.2, 0) is 10.0 Å². The first-order valence-electron chi connectivity index (χ1n) is 9.36. The highest BCUT2D eigenvalue weighted by Gasteiger charge is 2.29. The molecule has 1 aliphatic carbocycles. The molecule has 1 N–H and O–H groups in total. The van der Waals surface area contributed by atoms with Crippen LogP contribution < -0.4 is 5.32 Å². The highest BCUT2D eigenvalue weighted by Crippen LogP contribution is 2.27. The molecule has 1 saturated carbocycles. The molecular formula is C18H28N2O3S2. The number of rotatable bonds is 4. The Morgan fingerprint density at radius 3 is 2.40 bits per heavy atom. The summed E-state index contributed by atoms with van der Waals surface area (Å²) >= 11 is 1.22. The molecule has 2 fully saturated rings. The van der Waals surface area contributed by atoms with E-state index in [4.69, 9.17) is 0 Å². The third-order valence-electron chi connectivity index (χ3n) is 5.37. The molecule has 2 aliphatic rings. The molecule has 1 aromatic rings. The minimum Gasteiger partial charge on any atom is -0.349 e. The summed E-state index contributed by atoms with van der Waals surface area (Å²) < 4.78 is 27.1. The van der Waals surface area contributed by atoms with E-state index in [-0.39, 0.29) is 16.8 Å². The Morgan fingerprint density at radius 2 is 1.76 bits per heavy atom. The van der Waals surface area contributed by atoms with Gasteiger partial charge in [-0.2, -0.15) is 4.31 Å². The lowest BCUT2D eigenvalue weighted by Gasteiger charge is -2.29. The predicted octanol–water partition coefficient (Wildman–Crippen LogP) is 3.62. The van der Waals surface area contributed by atoms with Gasteiger partial charge in [0.1, 0.15) is 0 Å². The third kappa shape index (κ3) is 4.63. The monoisotopic (exact) mass is 384 g/mol. The number of carbonyl (C=O) groups excluding carboxylic acids is 1. The molecular weight excluding hydrogens is 356 g/mol. The Kier molecular flexibility index (Phi) is 6.17. The van der Waals surface area contributed by atoms with E-state index in [0.717, 1.165) is 38.5 Å². The van der Waals surface area contributed by atoms with Crippen LogP contribution in [0.5, 0.6) is 0 Å². The maximum absolute atomic E-state index is 12.8. The third-order valence-corrected chi connectivity index (χ3v) is 8.32. The largest absolute Gasteiger partial charge is 0.349 e. The van der Waals surface area contributed by atoms with Gasteiger partial charge in [-0.1, -0.05) is 32.6 Å². The Bertz CT molecular complexity index is 683. The summed E-state index contributed by atoms with van der Waals surface area (Å²) in [4.78, 5) is 13.2. The molecule has 140 valence electrons. The average Bonchev–Trinajstić information content (AvgIpc) is 2.96. The van der Waals surface area contributed by atoms with Gasteiger partial charge in [-0.25, -0.2) is 8.42 Å². The zero-order chi connectivity index (χ0) is 17.9. The molecule has 0 aromatic carbocycles. The zero-order valence-electron chi connectivity index (χ0n) is 14.9. The molecule has 1 aromatic heterocycles. The van der Waals surface area contributed by atoms with Crippen LogP contribution in [0.25, 0.3) is 0 Å². The van der Waals surface area contributed by atoms with E-state index in [2.05, 4.69) is 12.2 Å². The fraction of sp³-hybridized carbons (Fsp3) is 0.722. The van der Waals surface area contributed by atoms with Crippen molar-refractivity contribution in [2.45, 2.75) is 69.2 Å². The fourth-order valence-corrected chi connectivity index (χ4v) is 6.26. The molecule has 5 nitrogen and oxygen atoms in total. The first-order chi connectivity index (χ1) is 12.0. The van der Waals surface area contributed by atoms with Crippen LogP contribution in [0.15, 0.2) is 16.3 Å². The number of nitrogens with zero attached hydrogens (tertiary/aromatic N) is 1. The number of hydrogen-bond acceptors (Lipinski definition) is 4. The van der Waals surface area contributed by atoms with E-state index in [1.807, 2.05) is 0 Å². The van der Waals surface area contributed by atoms with Crippen LogP contribution in [-0.4, -0.2) is 37.8 Å². The van der Waals surface area contributed by atoms with E-state index in [9.17, 15) is 13.2 Å². The molecule has 0 radical (unpaired) electrons. The van der Waals surface area contributed by atoms with Gasteiger partial charge >= 0.3 is 0 Å². The number of nitrogens with one attached hydrogen (secondary N) is 1. The van der Waals surface area contributed by atoms with E-state index in [0.29, 0.717) is 23.9 Å². The van der Waals surface area contributed by atoms with Crippen molar-refractivity contribution in [1.82, 2.24) is 9.62 Å². The van der Waals surface area contributed by atoms with Gasteiger partial charge < -0.3 is 5.32 Å². The van der Waals surface area contributed by atoms with Crippen molar-refractivity contribution in [1.29, 1.82) is 0 Å². The Morgan fingerprint density at radius 1 is 1.12 bits per heavy atom. The van der Waals surface area contributed by atoms with E-state index in [1.165, 1.54) is 24.2 Å². The van der Waals surface area contributed by atoms with Gasteiger partial charge in [-0.3, -0.25) is 4.79 Å². The van der Waals surface area contributed by atoms with E-state index in [1.54, 1.807) is 15.8 Å². The van der Waals surface area contributed by atoms with Crippen molar-refractivity contribution >= 4 is 27.3 Å². The van der Waals surface area contributed by atoms with Crippen molar-refractivity contribution in [2.24, 2.45) is 5.92 Å². The van der Waals surface area contributed by atoms with Crippen LogP contribution in [0.4, 0.5) is 0 Å². The SMILES string of the molecule is CC1CCN(S(=O)(=O)c2csc(C(=O)NC3CCCCCC3)c2)CC1. The van der Waals surface area contributed by atoms with Crippen molar-refractivity contribution in [3.63, 3.8) is 0 Å². The minimum atomic E-state index is -3.47. The zero-order valence-corrected chi connectivity index (χ0v) is 16.5. The Hall–Kier alpha value is -0.920. The molecule has 2 heterocycles. The summed E-state index contributed by atoms with van der Waals surface area (Å²) in [7, 11) is -3.47. The van der Waals surface area contributed by atoms with Gasteiger partial charge in [0.2, 0.25) is 10.0 Å². The first kappa shape index (κ1) is 18.9.